The van der Waals surface area contributed by atoms with E-state index in [1.54, 1.807) is 35.2 Å². The van der Waals surface area contributed by atoms with E-state index in [-0.39, 0.29) is 17.7 Å². The molecule has 0 aliphatic carbocycles. The Morgan fingerprint density at radius 2 is 1.95 bits per heavy atom. The summed E-state index contributed by atoms with van der Waals surface area (Å²) >= 11 is 0. The number of carbonyl (C=O) groups excluding carboxylic acids is 2. The smallest absolute Gasteiger partial charge is 0.328 e. The lowest BCUT2D eigenvalue weighted by Crippen LogP contribution is -2.53. The number of imide groups is 1. The van der Waals surface area contributed by atoms with E-state index in [0.29, 0.717) is 31.6 Å². The van der Waals surface area contributed by atoms with Gasteiger partial charge in [-0.15, -0.1) is 0 Å². The van der Waals surface area contributed by atoms with Crippen molar-refractivity contribution in [3.05, 3.63) is 71.4 Å². The third kappa shape index (κ3) is 4.44. The van der Waals surface area contributed by atoms with Crippen LogP contribution in [0.1, 0.15) is 43.1 Å². The van der Waals surface area contributed by atoms with Gasteiger partial charge >= 0.3 is 6.03 Å². The van der Waals surface area contributed by atoms with E-state index in [1.807, 2.05) is 19.1 Å². The third-order valence-corrected chi connectivity index (χ3v) is 8.14. The topological polar surface area (TPSA) is 89.1 Å². The number of rotatable bonds is 8. The molecule has 3 atom stereocenters. The number of ether oxygens (including phenoxy) is 1. The lowest BCUT2D eigenvalue weighted by atomic mass is 9.81. The number of urea groups is 1. The van der Waals surface area contributed by atoms with Gasteiger partial charge in [-0.1, -0.05) is 24.3 Å². The summed E-state index contributed by atoms with van der Waals surface area (Å²) in [5.41, 5.74) is 2.39. The number of hydrogen-bond acceptors (Lipinski definition) is 5. The number of amides is 3. The summed E-state index contributed by atoms with van der Waals surface area (Å²) in [5.74, 6) is 0.355. The van der Waals surface area contributed by atoms with Crippen molar-refractivity contribution in [1.29, 1.82) is 0 Å². The van der Waals surface area contributed by atoms with Gasteiger partial charge in [0, 0.05) is 56.1 Å². The van der Waals surface area contributed by atoms with E-state index in [1.165, 1.54) is 11.8 Å². The molecule has 4 heterocycles. The van der Waals surface area contributed by atoms with Crippen LogP contribution in [0, 0.1) is 0 Å². The Balaban J connectivity index is 1.38. The number of aromatic nitrogens is 1. The van der Waals surface area contributed by atoms with Crippen LogP contribution in [0.3, 0.4) is 0 Å². The van der Waals surface area contributed by atoms with E-state index >= 15 is 0 Å². The maximum atomic E-state index is 13.9. The Kier molecular flexibility index (Phi) is 6.33. The number of halogens is 1. The van der Waals surface area contributed by atoms with Gasteiger partial charge in [0.15, 0.2) is 0 Å². The summed E-state index contributed by atoms with van der Waals surface area (Å²) in [6, 6.07) is 11.6. The fourth-order valence-electron chi connectivity index (χ4n) is 6.37. The number of aromatic amines is 1. The van der Waals surface area contributed by atoms with Crippen LogP contribution < -0.4 is 4.74 Å². The Hall–Kier alpha value is -3.85. The van der Waals surface area contributed by atoms with Gasteiger partial charge in [0.1, 0.15) is 17.0 Å². The van der Waals surface area contributed by atoms with E-state index in [2.05, 4.69) is 22.0 Å². The van der Waals surface area contributed by atoms with Crippen LogP contribution >= 0.6 is 0 Å². The van der Waals surface area contributed by atoms with Crippen LogP contribution in [0.5, 0.6) is 11.5 Å². The highest BCUT2D eigenvalue weighted by molar-refractivity contribution is 6.08. The van der Waals surface area contributed by atoms with Crippen molar-refractivity contribution in [1.82, 2.24) is 19.7 Å². The van der Waals surface area contributed by atoms with Crippen molar-refractivity contribution in [2.75, 3.05) is 26.2 Å². The predicted octanol–water partition coefficient (Wildman–Crippen LogP) is 4.69. The van der Waals surface area contributed by atoms with E-state index in [0.717, 1.165) is 47.4 Å². The molecule has 0 bridgehead atoms. The zero-order valence-corrected chi connectivity index (χ0v) is 22.2. The van der Waals surface area contributed by atoms with Crippen LogP contribution in [-0.4, -0.2) is 74.8 Å². The zero-order chi connectivity index (χ0) is 27.3. The van der Waals surface area contributed by atoms with Crippen molar-refractivity contribution in [3.63, 3.8) is 0 Å². The van der Waals surface area contributed by atoms with Crippen molar-refractivity contribution in [2.45, 2.75) is 51.0 Å². The molecule has 0 radical (unpaired) electrons. The number of benzene rings is 2. The molecule has 39 heavy (non-hydrogen) atoms. The average molecular weight is 533 g/mol. The van der Waals surface area contributed by atoms with Crippen LogP contribution in [0.4, 0.5) is 9.18 Å². The predicted molar refractivity (Wildman–Crippen MR) is 145 cm³/mol. The molecule has 2 unspecified atom stereocenters. The summed E-state index contributed by atoms with van der Waals surface area (Å²) in [4.78, 5) is 36.8. The van der Waals surface area contributed by atoms with Crippen LogP contribution in [0.2, 0.25) is 0 Å². The van der Waals surface area contributed by atoms with Gasteiger partial charge in [0.2, 0.25) is 6.36 Å². The third-order valence-electron chi connectivity index (χ3n) is 8.14. The number of carbonyl (C=O) groups is 2. The number of aromatic hydroxyl groups is 1. The lowest BCUT2D eigenvalue weighted by Gasteiger charge is -2.42. The molecule has 3 aromatic rings. The Morgan fingerprint density at radius 3 is 2.69 bits per heavy atom. The minimum Gasteiger partial charge on any atom is -0.508 e. The first-order chi connectivity index (χ1) is 18.7. The van der Waals surface area contributed by atoms with Gasteiger partial charge in [-0.3, -0.25) is 14.6 Å². The summed E-state index contributed by atoms with van der Waals surface area (Å²) in [6.45, 7) is 6.14. The maximum absolute atomic E-state index is 13.9. The molecule has 3 aliphatic heterocycles. The summed E-state index contributed by atoms with van der Waals surface area (Å²) in [7, 11) is 0. The first-order valence-electron chi connectivity index (χ1n) is 13.5. The molecular formula is C30H33FN4O4. The Labute approximate surface area is 226 Å². The number of nitrogens with zero attached hydrogens (tertiary/aromatic N) is 3. The second kappa shape index (κ2) is 9.72. The van der Waals surface area contributed by atoms with Gasteiger partial charge in [0.25, 0.3) is 5.91 Å². The highest BCUT2D eigenvalue weighted by Crippen LogP contribution is 2.48. The average Bonchev–Trinajstić information content (AvgIpc) is 3.57. The number of phenolic OH excluding ortho intramolecular Hbond substituents is 1. The van der Waals surface area contributed by atoms with E-state index in [9.17, 15) is 19.1 Å². The first-order valence-corrected chi connectivity index (χ1v) is 13.5. The Bertz CT molecular complexity index is 1460. The van der Waals surface area contributed by atoms with Crippen LogP contribution in [0.15, 0.2) is 54.6 Å². The van der Waals surface area contributed by atoms with Gasteiger partial charge in [-0.25, -0.2) is 9.18 Å². The minimum atomic E-state index is -1.46. The summed E-state index contributed by atoms with van der Waals surface area (Å²) in [5, 5.41) is 11.0. The standard InChI is InChI=1S/C30H33FN4O4/c1-19(31)39-22-9-10-25-23(17-22)24-18-30(2)28(37)34(14-6-13-33-11-3-4-12-33)29(38)35(30)26(27(24)32-25)16-20-7-5-8-21(36)15-20/h3-5,7-10,15,17,19,26,32,36H,6,11-14,16,18H2,1-2H3/t19?,26?,30-/m0/s1. The molecular weight excluding hydrogens is 499 g/mol. The fourth-order valence-corrected chi connectivity index (χ4v) is 6.37. The van der Waals surface area contributed by atoms with Gasteiger partial charge in [-0.2, -0.15) is 0 Å². The molecule has 204 valence electrons. The molecule has 9 heteroatoms. The number of fused-ring (bicyclic) bond motifs is 4. The molecule has 3 aliphatic rings. The summed E-state index contributed by atoms with van der Waals surface area (Å²) in [6.07, 6.45) is 4.26. The molecule has 0 saturated carbocycles. The van der Waals surface area contributed by atoms with Gasteiger partial charge < -0.3 is 19.7 Å². The second-order valence-electron chi connectivity index (χ2n) is 10.9. The largest absolute Gasteiger partial charge is 0.508 e. The molecule has 1 aromatic heterocycles. The molecule has 0 spiro atoms. The number of phenols is 1. The number of alkyl halides is 1. The van der Waals surface area contributed by atoms with Crippen molar-refractivity contribution < 1.29 is 23.8 Å². The first kappa shape index (κ1) is 25.4. The van der Waals surface area contributed by atoms with E-state index < -0.39 is 17.9 Å². The fraction of sp³-hybridized carbons (Fsp3) is 0.400. The van der Waals surface area contributed by atoms with Crippen molar-refractivity contribution >= 4 is 22.8 Å². The number of H-pyrrole nitrogens is 1. The molecule has 1 saturated heterocycles. The lowest BCUT2D eigenvalue weighted by molar-refractivity contribution is -0.133. The number of hydrogen-bond donors (Lipinski definition) is 2. The normalized spacial score (nSPS) is 23.5. The second-order valence-corrected chi connectivity index (χ2v) is 10.9. The van der Waals surface area contributed by atoms with Crippen LogP contribution in [-0.2, 0) is 17.6 Å². The van der Waals surface area contributed by atoms with Gasteiger partial charge in [-0.05, 0) is 61.2 Å². The molecule has 6 rings (SSSR count). The highest BCUT2D eigenvalue weighted by Gasteiger charge is 2.59. The van der Waals surface area contributed by atoms with Crippen LogP contribution in [0.25, 0.3) is 10.9 Å². The SMILES string of the molecule is CC(F)Oc1ccc2[nH]c3c(c2c1)C[C@@]1(C)C(=O)N(CCCN2CC=CC2)C(=O)N1C3Cc1cccc(O)c1. The molecule has 1 fully saturated rings. The molecule has 2 aromatic carbocycles. The minimum absolute atomic E-state index is 0.145. The molecule has 8 nitrogen and oxygen atoms in total. The monoisotopic (exact) mass is 532 g/mol. The molecule has 3 amide bonds. The molecule has 2 N–H and O–H groups in total. The van der Waals surface area contributed by atoms with Gasteiger partial charge in [0.05, 0.1) is 6.04 Å². The quantitative estimate of drug-likeness (QED) is 0.325. The maximum Gasteiger partial charge on any atom is 0.328 e. The number of nitrogens with one attached hydrogen (secondary N) is 1. The Morgan fingerprint density at radius 1 is 1.15 bits per heavy atom. The zero-order valence-electron chi connectivity index (χ0n) is 22.2. The summed E-state index contributed by atoms with van der Waals surface area (Å²) < 4.78 is 18.9. The van der Waals surface area contributed by atoms with Crippen molar-refractivity contribution in [2.24, 2.45) is 0 Å². The highest BCUT2D eigenvalue weighted by atomic mass is 19.1. The van der Waals surface area contributed by atoms with E-state index in [4.69, 9.17) is 4.74 Å². The van der Waals surface area contributed by atoms with Crippen molar-refractivity contribution in [3.8, 4) is 11.5 Å².